The van der Waals surface area contributed by atoms with Gasteiger partial charge in [0.05, 0.1) is 0 Å². The number of amides is 1. The summed E-state index contributed by atoms with van der Waals surface area (Å²) < 4.78 is 0. The molecular formula is C13H12N4O2S. The number of fused-ring (bicyclic) bond motifs is 1. The van der Waals surface area contributed by atoms with Crippen LogP contribution >= 0.6 is 11.8 Å². The first-order valence-corrected chi connectivity index (χ1v) is 6.78. The quantitative estimate of drug-likeness (QED) is 0.801. The van der Waals surface area contributed by atoms with Crippen molar-refractivity contribution in [2.75, 3.05) is 11.9 Å². The molecule has 0 bridgehead atoms. The number of hydrogen-bond acceptors (Lipinski definition) is 5. The molecule has 3 N–H and O–H groups in total. The molecule has 1 aromatic heterocycles. The molecule has 0 radical (unpaired) electrons. The van der Waals surface area contributed by atoms with Crippen molar-refractivity contribution >= 4 is 23.4 Å². The number of H-pyrrole nitrogens is 1. The third-order valence-electron chi connectivity index (χ3n) is 3.16. The van der Waals surface area contributed by atoms with Crippen LogP contribution in [0.15, 0.2) is 45.3 Å². The van der Waals surface area contributed by atoms with E-state index >= 15 is 0 Å². The Morgan fingerprint density at radius 1 is 1.35 bits per heavy atom. The van der Waals surface area contributed by atoms with E-state index in [1.54, 1.807) is 11.9 Å². The molecule has 7 heteroatoms. The number of nitrogens with two attached hydrogens (primary N) is 1. The van der Waals surface area contributed by atoms with Crippen LogP contribution in [0.3, 0.4) is 0 Å². The van der Waals surface area contributed by atoms with Gasteiger partial charge in [-0.15, -0.1) is 0 Å². The number of benzene rings is 1. The number of nitrogens with zero attached hydrogens (tertiary/aromatic N) is 2. The molecule has 0 fully saturated rings. The van der Waals surface area contributed by atoms with Crippen LogP contribution < -0.4 is 16.2 Å². The van der Waals surface area contributed by atoms with Crippen molar-refractivity contribution in [2.24, 2.45) is 5.73 Å². The van der Waals surface area contributed by atoms with Gasteiger partial charge in [0.1, 0.15) is 6.04 Å². The highest BCUT2D eigenvalue weighted by Crippen LogP contribution is 2.37. The summed E-state index contributed by atoms with van der Waals surface area (Å²) in [6, 6.07) is 6.34. The van der Waals surface area contributed by atoms with E-state index in [1.807, 2.05) is 18.2 Å². The largest absolute Gasteiger partial charge is 0.316 e. The number of carbonyl (C=O) groups is 1. The Labute approximate surface area is 119 Å². The topological polar surface area (TPSA) is 92.1 Å². The Kier molecular flexibility index (Phi) is 3.07. The molecule has 0 aliphatic carbocycles. The van der Waals surface area contributed by atoms with Gasteiger partial charge in [-0.1, -0.05) is 17.8 Å². The monoisotopic (exact) mass is 288 g/mol. The van der Waals surface area contributed by atoms with E-state index in [4.69, 9.17) is 5.73 Å². The molecule has 1 amide bonds. The maximum atomic E-state index is 11.8. The zero-order valence-corrected chi connectivity index (χ0v) is 11.5. The summed E-state index contributed by atoms with van der Waals surface area (Å²) in [5.41, 5.74) is 7.26. The molecule has 3 rings (SSSR count). The number of hydrogen-bond donors (Lipinski definition) is 2. The lowest BCUT2D eigenvalue weighted by atomic mass is 10.1. The van der Waals surface area contributed by atoms with Gasteiger partial charge in [-0.2, -0.15) is 0 Å². The van der Waals surface area contributed by atoms with Gasteiger partial charge in [0.25, 0.3) is 5.56 Å². The minimum Gasteiger partial charge on any atom is -0.316 e. The molecule has 102 valence electrons. The van der Waals surface area contributed by atoms with E-state index in [1.165, 1.54) is 24.0 Å². The van der Waals surface area contributed by atoms with Crippen LogP contribution in [-0.4, -0.2) is 22.9 Å². The first-order valence-electron chi connectivity index (χ1n) is 5.96. The summed E-state index contributed by atoms with van der Waals surface area (Å²) in [7, 11) is 1.70. The fraction of sp³-hybridized carbons (Fsp3) is 0.154. The Balaban J connectivity index is 1.94. The number of nitrogens with one attached hydrogen (secondary N) is 1. The molecule has 0 saturated heterocycles. The van der Waals surface area contributed by atoms with E-state index in [0.29, 0.717) is 5.16 Å². The van der Waals surface area contributed by atoms with Crippen molar-refractivity contribution in [1.29, 1.82) is 0 Å². The molecule has 1 aliphatic heterocycles. The molecule has 1 aromatic carbocycles. The van der Waals surface area contributed by atoms with Crippen molar-refractivity contribution < 1.29 is 4.79 Å². The summed E-state index contributed by atoms with van der Waals surface area (Å²) in [5.74, 6) is -0.117. The summed E-state index contributed by atoms with van der Waals surface area (Å²) in [6.07, 6.45) is 1.46. The normalized spacial score (nSPS) is 17.4. The lowest BCUT2D eigenvalue weighted by Gasteiger charge is -2.10. The summed E-state index contributed by atoms with van der Waals surface area (Å²) >= 11 is 1.33. The van der Waals surface area contributed by atoms with E-state index in [0.717, 1.165) is 16.1 Å². The van der Waals surface area contributed by atoms with Crippen LogP contribution in [0.4, 0.5) is 5.69 Å². The smallest absolute Gasteiger partial charge is 0.251 e. The standard InChI is InChI=1S/C13H12N4O2S/c1-17-9-6-7(2-3-8(9)11(14)12(17)19)20-13-15-5-4-10(18)16-13/h2-6,11H,14H2,1H3,(H,15,16,18). The van der Waals surface area contributed by atoms with Crippen LogP contribution in [0.5, 0.6) is 0 Å². The zero-order valence-electron chi connectivity index (χ0n) is 10.7. The number of aromatic amines is 1. The SMILES string of the molecule is CN1C(=O)C(N)c2ccc(Sc3nccc(=O)[nH]3)cc21. The highest BCUT2D eigenvalue weighted by atomic mass is 32.2. The zero-order chi connectivity index (χ0) is 14.3. The summed E-state index contributed by atoms with van der Waals surface area (Å²) in [6.45, 7) is 0. The summed E-state index contributed by atoms with van der Waals surface area (Å²) in [4.78, 5) is 32.2. The molecule has 2 aromatic rings. The van der Waals surface area contributed by atoms with Gasteiger partial charge in [0.2, 0.25) is 5.91 Å². The van der Waals surface area contributed by atoms with Gasteiger partial charge in [0.15, 0.2) is 5.16 Å². The van der Waals surface area contributed by atoms with Crippen LogP contribution in [0.1, 0.15) is 11.6 Å². The van der Waals surface area contributed by atoms with E-state index in [-0.39, 0.29) is 11.5 Å². The molecule has 1 unspecified atom stereocenters. The van der Waals surface area contributed by atoms with Crippen LogP contribution in [0, 0.1) is 0 Å². The van der Waals surface area contributed by atoms with Crippen LogP contribution in [0.2, 0.25) is 0 Å². The molecule has 2 heterocycles. The predicted molar refractivity (Wildman–Crippen MR) is 75.8 cm³/mol. The molecule has 1 atom stereocenters. The third kappa shape index (κ3) is 2.10. The van der Waals surface area contributed by atoms with Crippen molar-refractivity contribution in [3.8, 4) is 0 Å². The first-order chi connectivity index (χ1) is 9.56. The second-order valence-corrected chi connectivity index (χ2v) is 5.50. The molecule has 1 aliphatic rings. The maximum absolute atomic E-state index is 11.8. The third-order valence-corrected chi connectivity index (χ3v) is 4.05. The van der Waals surface area contributed by atoms with Crippen molar-refractivity contribution in [3.63, 3.8) is 0 Å². The highest BCUT2D eigenvalue weighted by Gasteiger charge is 2.32. The Morgan fingerprint density at radius 3 is 2.90 bits per heavy atom. The van der Waals surface area contributed by atoms with Gasteiger partial charge in [-0.3, -0.25) is 9.59 Å². The molecule has 0 spiro atoms. The minimum absolute atomic E-state index is 0.117. The van der Waals surface area contributed by atoms with Gasteiger partial charge in [-0.05, 0) is 12.1 Å². The number of likely N-dealkylation sites (N-methyl/N-ethyl adjacent to an activating group) is 1. The van der Waals surface area contributed by atoms with Gasteiger partial charge < -0.3 is 15.6 Å². The number of aromatic nitrogens is 2. The van der Waals surface area contributed by atoms with E-state index in [2.05, 4.69) is 9.97 Å². The predicted octanol–water partition coefficient (Wildman–Crippen LogP) is 0.897. The van der Waals surface area contributed by atoms with Crippen LogP contribution in [-0.2, 0) is 4.79 Å². The Bertz CT molecular complexity index is 743. The average molecular weight is 288 g/mol. The van der Waals surface area contributed by atoms with Gasteiger partial charge >= 0.3 is 0 Å². The van der Waals surface area contributed by atoms with Gasteiger partial charge in [-0.25, -0.2) is 4.98 Å². The molecule has 6 nitrogen and oxygen atoms in total. The van der Waals surface area contributed by atoms with E-state index < -0.39 is 6.04 Å². The molecule has 0 saturated carbocycles. The highest BCUT2D eigenvalue weighted by molar-refractivity contribution is 7.99. The number of carbonyl (C=O) groups excluding carboxylic acids is 1. The Morgan fingerprint density at radius 2 is 2.15 bits per heavy atom. The lowest BCUT2D eigenvalue weighted by Crippen LogP contribution is -2.27. The van der Waals surface area contributed by atoms with Crippen LogP contribution in [0.25, 0.3) is 0 Å². The Hall–Kier alpha value is -2.12. The fourth-order valence-electron chi connectivity index (χ4n) is 2.12. The second-order valence-electron chi connectivity index (χ2n) is 4.44. The minimum atomic E-state index is -0.594. The number of anilines is 1. The average Bonchev–Trinajstić information content (AvgIpc) is 2.64. The lowest BCUT2D eigenvalue weighted by molar-refractivity contribution is -0.118. The molecular weight excluding hydrogens is 276 g/mol. The van der Waals surface area contributed by atoms with Crippen molar-refractivity contribution in [3.05, 3.63) is 46.4 Å². The second kappa shape index (κ2) is 4.77. The van der Waals surface area contributed by atoms with Crippen molar-refractivity contribution in [2.45, 2.75) is 16.1 Å². The first kappa shape index (κ1) is 12.9. The fourth-order valence-corrected chi connectivity index (χ4v) is 2.91. The van der Waals surface area contributed by atoms with Crippen molar-refractivity contribution in [1.82, 2.24) is 9.97 Å². The maximum Gasteiger partial charge on any atom is 0.251 e. The molecule has 20 heavy (non-hydrogen) atoms. The number of rotatable bonds is 2. The summed E-state index contributed by atoms with van der Waals surface area (Å²) in [5, 5.41) is 0.508. The van der Waals surface area contributed by atoms with E-state index in [9.17, 15) is 9.59 Å². The van der Waals surface area contributed by atoms with Gasteiger partial charge in [0, 0.05) is 35.5 Å².